The number of anilines is 1. The number of aromatic nitrogens is 4. The van der Waals surface area contributed by atoms with Gasteiger partial charge < -0.3 is 4.90 Å². The molecule has 0 amide bonds. The van der Waals surface area contributed by atoms with Gasteiger partial charge in [0.15, 0.2) is 0 Å². The predicted octanol–water partition coefficient (Wildman–Crippen LogP) is 1.45. The lowest BCUT2D eigenvalue weighted by atomic mass is 10.1. The van der Waals surface area contributed by atoms with E-state index in [0.717, 1.165) is 74.9 Å². The van der Waals surface area contributed by atoms with Crippen LogP contribution < -0.4 is 10.5 Å². The van der Waals surface area contributed by atoms with Crippen molar-refractivity contribution in [2.24, 2.45) is 0 Å². The van der Waals surface area contributed by atoms with Crippen LogP contribution in [-0.2, 0) is 19.5 Å². The maximum absolute atomic E-state index is 13.2. The molecule has 0 N–H and O–H groups in total. The van der Waals surface area contributed by atoms with Gasteiger partial charge in [-0.2, -0.15) is 0 Å². The van der Waals surface area contributed by atoms with Crippen LogP contribution in [0.1, 0.15) is 17.4 Å². The number of likely N-dealkylation sites (N-methyl/N-ethyl adjacent to an activating group) is 1. The Kier molecular flexibility index (Phi) is 5.49. The lowest BCUT2D eigenvalue weighted by molar-refractivity contribution is 0.246. The van der Waals surface area contributed by atoms with E-state index in [-0.39, 0.29) is 5.56 Å². The summed E-state index contributed by atoms with van der Waals surface area (Å²) in [5.74, 6) is 0.798. The monoisotopic (exact) mass is 425 g/mol. The lowest BCUT2D eigenvalue weighted by Gasteiger charge is -2.34. The standard InChI is InChI=1S/C21H27N7OS/c1-2-25-7-4-17-16(14-25)18-19(30-17)24-15-28(20(18)29)13-10-26-8-11-27(12-9-26)21-22-5-3-6-23-21/h3,5-6,15H,2,4,7-14H2,1H3. The maximum atomic E-state index is 13.2. The molecule has 30 heavy (non-hydrogen) atoms. The maximum Gasteiger partial charge on any atom is 0.262 e. The third kappa shape index (κ3) is 3.73. The molecule has 0 atom stereocenters. The lowest BCUT2D eigenvalue weighted by Crippen LogP contribution is -2.48. The van der Waals surface area contributed by atoms with Crippen LogP contribution in [0, 0.1) is 0 Å². The van der Waals surface area contributed by atoms with Crippen LogP contribution >= 0.6 is 11.3 Å². The van der Waals surface area contributed by atoms with E-state index in [1.165, 1.54) is 10.4 Å². The van der Waals surface area contributed by atoms with Crippen molar-refractivity contribution in [3.63, 3.8) is 0 Å². The molecule has 2 aliphatic heterocycles. The number of nitrogens with zero attached hydrogens (tertiary/aromatic N) is 7. The van der Waals surface area contributed by atoms with Crippen LogP contribution in [0.2, 0.25) is 0 Å². The van der Waals surface area contributed by atoms with Crippen LogP contribution in [-0.4, -0.2) is 75.1 Å². The molecular weight excluding hydrogens is 398 g/mol. The Morgan fingerprint density at radius 1 is 1.00 bits per heavy atom. The Hall–Kier alpha value is -2.36. The van der Waals surface area contributed by atoms with E-state index in [2.05, 4.69) is 36.6 Å². The molecule has 0 aliphatic carbocycles. The minimum absolute atomic E-state index is 0.117. The van der Waals surface area contributed by atoms with Crippen LogP contribution in [0.25, 0.3) is 10.2 Å². The molecule has 0 radical (unpaired) electrons. The summed E-state index contributed by atoms with van der Waals surface area (Å²) in [7, 11) is 0. The summed E-state index contributed by atoms with van der Waals surface area (Å²) in [6.07, 6.45) is 6.33. The molecular formula is C21H27N7OS. The highest BCUT2D eigenvalue weighted by Gasteiger charge is 2.24. The molecule has 0 bridgehead atoms. The van der Waals surface area contributed by atoms with E-state index in [9.17, 15) is 4.79 Å². The second-order valence-electron chi connectivity index (χ2n) is 7.92. The largest absolute Gasteiger partial charge is 0.338 e. The van der Waals surface area contributed by atoms with E-state index in [0.29, 0.717) is 6.54 Å². The topological polar surface area (TPSA) is 70.4 Å². The first-order valence-corrected chi connectivity index (χ1v) is 11.5. The van der Waals surface area contributed by atoms with Crippen molar-refractivity contribution in [2.75, 3.05) is 50.7 Å². The van der Waals surface area contributed by atoms with Gasteiger partial charge in [-0.3, -0.25) is 19.2 Å². The van der Waals surface area contributed by atoms with Gasteiger partial charge in [0, 0.05) is 69.6 Å². The molecule has 0 unspecified atom stereocenters. The van der Waals surface area contributed by atoms with Crippen LogP contribution in [0.5, 0.6) is 0 Å². The van der Waals surface area contributed by atoms with Gasteiger partial charge in [0.1, 0.15) is 4.83 Å². The zero-order valence-electron chi connectivity index (χ0n) is 17.3. The van der Waals surface area contributed by atoms with E-state index in [4.69, 9.17) is 0 Å². The Balaban J connectivity index is 1.26. The quantitative estimate of drug-likeness (QED) is 0.613. The van der Waals surface area contributed by atoms with E-state index in [1.807, 2.05) is 6.07 Å². The number of fused-ring (bicyclic) bond motifs is 3. The summed E-state index contributed by atoms with van der Waals surface area (Å²) in [6, 6.07) is 1.84. The third-order valence-corrected chi connectivity index (χ3v) is 7.41. The second kappa shape index (κ2) is 8.41. The Morgan fingerprint density at radius 3 is 2.57 bits per heavy atom. The zero-order chi connectivity index (χ0) is 20.5. The number of hydrogen-bond donors (Lipinski definition) is 0. The fourth-order valence-corrected chi connectivity index (χ4v) is 5.49. The summed E-state index contributed by atoms with van der Waals surface area (Å²) in [6.45, 7) is 10.4. The average molecular weight is 426 g/mol. The molecule has 1 fully saturated rings. The van der Waals surface area contributed by atoms with E-state index in [1.54, 1.807) is 34.6 Å². The fourth-order valence-electron chi connectivity index (χ4n) is 4.36. The van der Waals surface area contributed by atoms with Crippen molar-refractivity contribution < 1.29 is 0 Å². The van der Waals surface area contributed by atoms with Gasteiger partial charge in [-0.25, -0.2) is 15.0 Å². The number of thiophene rings is 1. The van der Waals surface area contributed by atoms with Crippen molar-refractivity contribution in [2.45, 2.75) is 26.4 Å². The first-order chi connectivity index (χ1) is 14.7. The van der Waals surface area contributed by atoms with Crippen LogP contribution in [0.15, 0.2) is 29.6 Å². The van der Waals surface area contributed by atoms with Gasteiger partial charge >= 0.3 is 0 Å². The molecule has 8 nitrogen and oxygen atoms in total. The van der Waals surface area contributed by atoms with Gasteiger partial charge in [0.05, 0.1) is 11.7 Å². The summed E-state index contributed by atoms with van der Waals surface area (Å²) >= 11 is 1.70. The van der Waals surface area contributed by atoms with Gasteiger partial charge in [-0.1, -0.05) is 6.92 Å². The number of rotatable bonds is 5. The van der Waals surface area contributed by atoms with Crippen molar-refractivity contribution in [3.05, 3.63) is 45.6 Å². The Bertz CT molecular complexity index is 1070. The first kappa shape index (κ1) is 19.6. The number of hydrogen-bond acceptors (Lipinski definition) is 8. The summed E-state index contributed by atoms with van der Waals surface area (Å²) in [4.78, 5) is 35.8. The van der Waals surface area contributed by atoms with Crippen LogP contribution in [0.4, 0.5) is 5.95 Å². The van der Waals surface area contributed by atoms with Crippen molar-refractivity contribution >= 4 is 27.5 Å². The molecule has 0 saturated carbocycles. The average Bonchev–Trinajstić information content (AvgIpc) is 3.18. The SMILES string of the molecule is CCN1CCc2sc3ncn(CCN4CCN(c5ncccn5)CC4)c(=O)c3c2C1. The molecule has 9 heteroatoms. The highest BCUT2D eigenvalue weighted by Crippen LogP contribution is 2.32. The highest BCUT2D eigenvalue weighted by atomic mass is 32.1. The molecule has 5 rings (SSSR count). The molecule has 0 aromatic carbocycles. The third-order valence-electron chi connectivity index (χ3n) is 6.21. The summed E-state index contributed by atoms with van der Waals surface area (Å²) in [5, 5.41) is 0.849. The fraction of sp³-hybridized carbons (Fsp3) is 0.524. The summed E-state index contributed by atoms with van der Waals surface area (Å²) < 4.78 is 1.80. The minimum atomic E-state index is 0.117. The number of piperazine rings is 1. The Morgan fingerprint density at radius 2 is 1.80 bits per heavy atom. The predicted molar refractivity (Wildman–Crippen MR) is 119 cm³/mol. The van der Waals surface area contributed by atoms with Crippen molar-refractivity contribution in [3.8, 4) is 0 Å². The molecule has 0 spiro atoms. The molecule has 3 aromatic heterocycles. The Labute approximate surface area is 179 Å². The second-order valence-corrected chi connectivity index (χ2v) is 9.01. The van der Waals surface area contributed by atoms with Gasteiger partial charge in [0.25, 0.3) is 5.56 Å². The highest BCUT2D eigenvalue weighted by molar-refractivity contribution is 7.18. The van der Waals surface area contributed by atoms with Crippen molar-refractivity contribution in [1.29, 1.82) is 0 Å². The van der Waals surface area contributed by atoms with Crippen molar-refractivity contribution in [1.82, 2.24) is 29.3 Å². The van der Waals surface area contributed by atoms with E-state index < -0.39 is 0 Å². The first-order valence-electron chi connectivity index (χ1n) is 10.7. The minimum Gasteiger partial charge on any atom is -0.338 e. The molecule has 3 aromatic rings. The van der Waals surface area contributed by atoms with Gasteiger partial charge in [-0.05, 0) is 24.6 Å². The molecule has 158 valence electrons. The van der Waals surface area contributed by atoms with Gasteiger partial charge in [0.2, 0.25) is 5.95 Å². The van der Waals surface area contributed by atoms with Crippen LogP contribution in [0.3, 0.4) is 0 Å². The molecule has 2 aliphatic rings. The van der Waals surface area contributed by atoms with E-state index >= 15 is 0 Å². The zero-order valence-corrected chi connectivity index (χ0v) is 18.1. The van der Waals surface area contributed by atoms with Gasteiger partial charge in [-0.15, -0.1) is 11.3 Å². The summed E-state index contributed by atoms with van der Waals surface area (Å²) in [5.41, 5.74) is 1.33. The smallest absolute Gasteiger partial charge is 0.262 e. The normalized spacial score (nSPS) is 18.1. The molecule has 1 saturated heterocycles. The molecule has 5 heterocycles.